The lowest BCUT2D eigenvalue weighted by Crippen LogP contribution is -2.52. The number of benzene rings is 2. The van der Waals surface area contributed by atoms with Crippen LogP contribution in [-0.2, 0) is 21.4 Å². The number of anilines is 1. The molecule has 1 fully saturated rings. The molecular weight excluding hydrogens is 420 g/mol. The van der Waals surface area contributed by atoms with E-state index in [2.05, 4.69) is 21.2 Å². The maximum Gasteiger partial charge on any atom is 0.241 e. The Bertz CT molecular complexity index is 1050. The Morgan fingerprint density at radius 3 is 2.42 bits per heavy atom. The molecule has 0 spiro atoms. The maximum absolute atomic E-state index is 12.6. The number of carbonyl (C=O) groups excluding carboxylic acids is 1. The van der Waals surface area contributed by atoms with Gasteiger partial charge in [0.25, 0.3) is 0 Å². The van der Waals surface area contributed by atoms with Crippen molar-refractivity contribution < 1.29 is 22.7 Å². The van der Waals surface area contributed by atoms with Gasteiger partial charge in [0.1, 0.15) is 0 Å². The Morgan fingerprint density at radius 2 is 1.74 bits per heavy atom. The number of rotatable bonds is 6. The van der Waals surface area contributed by atoms with E-state index < -0.39 is 10.0 Å². The molecule has 2 aromatic carbocycles. The fourth-order valence-corrected chi connectivity index (χ4v) is 4.26. The maximum atomic E-state index is 12.6. The molecule has 9 nitrogen and oxygen atoms in total. The fourth-order valence-electron chi connectivity index (χ4n) is 3.75. The highest BCUT2D eigenvalue weighted by molar-refractivity contribution is 7.89. The first-order valence-corrected chi connectivity index (χ1v) is 11.6. The first kappa shape index (κ1) is 21.6. The van der Waals surface area contributed by atoms with Crippen molar-refractivity contribution >= 4 is 21.6 Å². The smallest absolute Gasteiger partial charge is 0.241 e. The minimum atomic E-state index is -3.75. The standard InChI is InChI=1S/C21H26N4O5S/c1-15(21(26)23-17-3-5-18(6-4-17)31(22,27)28)25-10-8-24(9-11-25)13-16-2-7-19-20(12-16)30-14-29-19/h2-7,12,15H,8-11,13-14H2,1H3,(H,23,26)(H2,22,27,28). The van der Waals surface area contributed by atoms with Crippen molar-refractivity contribution in [3.63, 3.8) is 0 Å². The van der Waals surface area contributed by atoms with Gasteiger partial charge in [0.2, 0.25) is 22.7 Å². The van der Waals surface area contributed by atoms with Gasteiger partial charge in [-0.15, -0.1) is 0 Å². The number of piperazine rings is 1. The van der Waals surface area contributed by atoms with Crippen LogP contribution in [0.2, 0.25) is 0 Å². The van der Waals surface area contributed by atoms with E-state index >= 15 is 0 Å². The predicted molar refractivity (Wildman–Crippen MR) is 115 cm³/mol. The Kier molecular flexibility index (Phi) is 6.15. The average Bonchev–Trinajstić information content (AvgIpc) is 3.21. The van der Waals surface area contributed by atoms with Crippen LogP contribution in [0, 0.1) is 0 Å². The molecular formula is C21H26N4O5S. The molecule has 0 bridgehead atoms. The van der Waals surface area contributed by atoms with Crippen LogP contribution in [0.15, 0.2) is 47.4 Å². The molecule has 31 heavy (non-hydrogen) atoms. The Labute approximate surface area is 181 Å². The van der Waals surface area contributed by atoms with Gasteiger partial charge < -0.3 is 14.8 Å². The highest BCUT2D eigenvalue weighted by atomic mass is 32.2. The first-order valence-electron chi connectivity index (χ1n) is 10.1. The zero-order valence-electron chi connectivity index (χ0n) is 17.3. The van der Waals surface area contributed by atoms with Crippen molar-refractivity contribution in [2.75, 3.05) is 38.3 Å². The van der Waals surface area contributed by atoms with E-state index in [1.54, 1.807) is 0 Å². The summed E-state index contributed by atoms with van der Waals surface area (Å²) >= 11 is 0. The SMILES string of the molecule is CC(C(=O)Nc1ccc(S(N)(=O)=O)cc1)N1CCN(Cc2ccc3c(c2)OCO3)CC1. The van der Waals surface area contributed by atoms with Crippen LogP contribution in [0.1, 0.15) is 12.5 Å². The summed E-state index contributed by atoms with van der Waals surface area (Å²) < 4.78 is 33.5. The number of hydrogen-bond donors (Lipinski definition) is 2. The molecule has 4 rings (SSSR count). The van der Waals surface area contributed by atoms with Crippen molar-refractivity contribution in [3.8, 4) is 11.5 Å². The summed E-state index contributed by atoms with van der Waals surface area (Å²) in [5, 5.41) is 7.94. The molecule has 1 saturated heterocycles. The molecule has 1 unspecified atom stereocenters. The van der Waals surface area contributed by atoms with Gasteiger partial charge in [-0.25, -0.2) is 13.6 Å². The van der Waals surface area contributed by atoms with Crippen LogP contribution in [0.3, 0.4) is 0 Å². The van der Waals surface area contributed by atoms with Crippen LogP contribution >= 0.6 is 0 Å². The number of sulfonamides is 1. The second-order valence-electron chi connectivity index (χ2n) is 7.73. The highest BCUT2D eigenvalue weighted by Gasteiger charge is 2.26. The zero-order chi connectivity index (χ0) is 22.0. The Morgan fingerprint density at radius 1 is 1.06 bits per heavy atom. The summed E-state index contributed by atoms with van der Waals surface area (Å²) in [5.74, 6) is 1.44. The van der Waals surface area contributed by atoms with Crippen molar-refractivity contribution in [2.24, 2.45) is 5.14 Å². The molecule has 10 heteroatoms. The van der Waals surface area contributed by atoms with Gasteiger partial charge in [-0.3, -0.25) is 14.6 Å². The van der Waals surface area contributed by atoms with Crippen molar-refractivity contribution in [1.82, 2.24) is 9.80 Å². The number of ether oxygens (including phenoxy) is 2. The lowest BCUT2D eigenvalue weighted by molar-refractivity contribution is -0.121. The Hall–Kier alpha value is -2.66. The van der Waals surface area contributed by atoms with E-state index in [1.165, 1.54) is 29.8 Å². The van der Waals surface area contributed by atoms with Crippen molar-refractivity contribution in [2.45, 2.75) is 24.4 Å². The number of primary sulfonamides is 1. The third-order valence-corrected chi connectivity index (χ3v) is 6.56. The van der Waals surface area contributed by atoms with Gasteiger partial charge in [0.15, 0.2) is 11.5 Å². The monoisotopic (exact) mass is 446 g/mol. The molecule has 1 atom stereocenters. The summed E-state index contributed by atoms with van der Waals surface area (Å²) in [4.78, 5) is 17.1. The lowest BCUT2D eigenvalue weighted by Gasteiger charge is -2.37. The number of carbonyl (C=O) groups is 1. The zero-order valence-corrected chi connectivity index (χ0v) is 18.1. The second kappa shape index (κ2) is 8.83. The average molecular weight is 447 g/mol. The number of nitrogens with two attached hydrogens (primary N) is 1. The predicted octanol–water partition coefficient (Wildman–Crippen LogP) is 1.21. The topological polar surface area (TPSA) is 114 Å². The molecule has 2 aromatic rings. The first-order chi connectivity index (χ1) is 14.8. The van der Waals surface area contributed by atoms with E-state index in [4.69, 9.17) is 14.6 Å². The minimum absolute atomic E-state index is 0.0112. The van der Waals surface area contributed by atoms with Crippen molar-refractivity contribution in [3.05, 3.63) is 48.0 Å². The van der Waals surface area contributed by atoms with E-state index in [-0.39, 0.29) is 23.6 Å². The molecule has 1 amide bonds. The summed E-state index contributed by atoms with van der Waals surface area (Å²) in [6.45, 7) is 6.24. The quantitative estimate of drug-likeness (QED) is 0.685. The van der Waals surface area contributed by atoms with E-state index in [1.807, 2.05) is 19.1 Å². The summed E-state index contributed by atoms with van der Waals surface area (Å²) in [6.07, 6.45) is 0. The molecule has 166 valence electrons. The number of hydrogen-bond acceptors (Lipinski definition) is 7. The largest absolute Gasteiger partial charge is 0.454 e. The van der Waals surface area contributed by atoms with Gasteiger partial charge in [-0.2, -0.15) is 0 Å². The number of fused-ring (bicyclic) bond motifs is 1. The summed E-state index contributed by atoms with van der Waals surface area (Å²) in [5.41, 5.74) is 1.71. The highest BCUT2D eigenvalue weighted by Crippen LogP contribution is 2.32. The molecule has 3 N–H and O–H groups in total. The van der Waals surface area contributed by atoms with E-state index in [0.717, 1.165) is 44.2 Å². The minimum Gasteiger partial charge on any atom is -0.454 e. The molecule has 0 aromatic heterocycles. The lowest BCUT2D eigenvalue weighted by atomic mass is 10.1. The summed E-state index contributed by atoms with van der Waals surface area (Å²) in [7, 11) is -3.75. The summed E-state index contributed by atoms with van der Waals surface area (Å²) in [6, 6.07) is 11.5. The van der Waals surface area contributed by atoms with Crippen molar-refractivity contribution in [1.29, 1.82) is 0 Å². The van der Waals surface area contributed by atoms with E-state index in [9.17, 15) is 13.2 Å². The van der Waals surface area contributed by atoms with Gasteiger partial charge in [0.05, 0.1) is 10.9 Å². The normalized spacial score (nSPS) is 18.0. The Balaban J connectivity index is 1.27. The number of amides is 1. The van der Waals surface area contributed by atoms with Gasteiger partial charge in [0, 0.05) is 38.4 Å². The number of nitrogens with one attached hydrogen (secondary N) is 1. The third kappa shape index (κ3) is 5.16. The van der Waals surface area contributed by atoms with Crippen LogP contribution < -0.4 is 19.9 Å². The molecule has 2 aliphatic heterocycles. The third-order valence-electron chi connectivity index (χ3n) is 5.63. The van der Waals surface area contributed by atoms with Crippen LogP contribution in [0.25, 0.3) is 0 Å². The van der Waals surface area contributed by atoms with E-state index in [0.29, 0.717) is 5.69 Å². The van der Waals surface area contributed by atoms with Crippen LogP contribution in [0.5, 0.6) is 11.5 Å². The molecule has 2 aliphatic rings. The van der Waals surface area contributed by atoms with Gasteiger partial charge in [-0.05, 0) is 48.9 Å². The van der Waals surface area contributed by atoms with Gasteiger partial charge >= 0.3 is 0 Å². The molecule has 0 saturated carbocycles. The van der Waals surface area contributed by atoms with Crippen LogP contribution in [-0.4, -0.2) is 63.1 Å². The van der Waals surface area contributed by atoms with Crippen LogP contribution in [0.4, 0.5) is 5.69 Å². The molecule has 2 heterocycles. The fraction of sp³-hybridized carbons (Fsp3) is 0.381. The molecule has 0 radical (unpaired) electrons. The second-order valence-corrected chi connectivity index (χ2v) is 9.30. The number of nitrogens with zero attached hydrogens (tertiary/aromatic N) is 2. The van der Waals surface area contributed by atoms with Gasteiger partial charge in [-0.1, -0.05) is 6.07 Å². The molecule has 0 aliphatic carbocycles.